The molecule has 198 valence electrons. The number of nitrogens with one attached hydrogen (secondary N) is 2. The number of hydrogen-bond acceptors (Lipinski definition) is 6. The number of amides is 1. The molecule has 0 saturated carbocycles. The zero-order valence-electron chi connectivity index (χ0n) is 22.3. The second-order valence-electron chi connectivity index (χ2n) is 9.00. The standard InChI is InChI=1S/C28H31BrN6O2S/c1-7-34(8-2)20-9-10-25(17(4)12-20)35-32-23-13-16(3)22(15-24(23)33-35)30-28(38)31-27(36)21-14-19(29)11-18(5)26(21)37-6/h9-15H,7-8H2,1-6H3,(H2,30,31,36,38). The predicted octanol–water partition coefficient (Wildman–Crippen LogP) is 6.09. The molecule has 0 atom stereocenters. The van der Waals surface area contributed by atoms with Crippen molar-refractivity contribution < 1.29 is 9.53 Å². The lowest BCUT2D eigenvalue weighted by Crippen LogP contribution is -2.34. The third-order valence-corrected chi connectivity index (χ3v) is 7.08. The zero-order valence-corrected chi connectivity index (χ0v) is 24.7. The lowest BCUT2D eigenvalue weighted by Gasteiger charge is -2.22. The zero-order chi connectivity index (χ0) is 27.6. The molecule has 1 heterocycles. The Balaban J connectivity index is 1.56. The molecular weight excluding hydrogens is 564 g/mol. The van der Waals surface area contributed by atoms with Crippen LogP contribution in [0.2, 0.25) is 0 Å². The van der Waals surface area contributed by atoms with Crippen LogP contribution in [0.5, 0.6) is 5.75 Å². The second-order valence-corrected chi connectivity index (χ2v) is 10.3. The summed E-state index contributed by atoms with van der Waals surface area (Å²) in [6, 6.07) is 13.7. The molecule has 8 nitrogen and oxygen atoms in total. The lowest BCUT2D eigenvalue weighted by molar-refractivity contribution is 0.0974. The summed E-state index contributed by atoms with van der Waals surface area (Å²) < 4.78 is 6.21. The van der Waals surface area contributed by atoms with Crippen LogP contribution in [0.4, 0.5) is 11.4 Å². The number of rotatable bonds is 7. The lowest BCUT2D eigenvalue weighted by atomic mass is 10.1. The van der Waals surface area contributed by atoms with Gasteiger partial charge in [-0.1, -0.05) is 15.9 Å². The number of hydrogen-bond donors (Lipinski definition) is 2. The van der Waals surface area contributed by atoms with Gasteiger partial charge in [0.15, 0.2) is 5.11 Å². The Morgan fingerprint density at radius 2 is 1.68 bits per heavy atom. The first-order chi connectivity index (χ1) is 18.1. The third kappa shape index (κ3) is 5.66. The van der Waals surface area contributed by atoms with Crippen LogP contribution in [-0.2, 0) is 0 Å². The minimum Gasteiger partial charge on any atom is -0.496 e. The highest BCUT2D eigenvalue weighted by atomic mass is 79.9. The fourth-order valence-corrected chi connectivity index (χ4v) is 5.23. The van der Waals surface area contributed by atoms with Gasteiger partial charge in [0.1, 0.15) is 16.8 Å². The number of carbonyl (C=O) groups is 1. The summed E-state index contributed by atoms with van der Waals surface area (Å²) in [4.78, 5) is 16.9. The summed E-state index contributed by atoms with van der Waals surface area (Å²) in [5.74, 6) is 0.139. The third-order valence-electron chi connectivity index (χ3n) is 6.41. The van der Waals surface area contributed by atoms with E-state index < -0.39 is 0 Å². The maximum atomic E-state index is 13.0. The largest absolute Gasteiger partial charge is 0.496 e. The molecule has 0 radical (unpaired) electrons. The Hall–Kier alpha value is -3.50. The van der Waals surface area contributed by atoms with Gasteiger partial charge in [-0.15, -0.1) is 10.2 Å². The van der Waals surface area contributed by atoms with Crippen LogP contribution < -0.4 is 20.3 Å². The second kappa shape index (κ2) is 11.5. The van der Waals surface area contributed by atoms with Crippen molar-refractivity contribution in [2.75, 3.05) is 30.4 Å². The van der Waals surface area contributed by atoms with Gasteiger partial charge in [-0.05, 0) is 106 Å². The molecular formula is C28H31BrN6O2S. The summed E-state index contributed by atoms with van der Waals surface area (Å²) >= 11 is 8.89. The molecule has 4 aromatic rings. The van der Waals surface area contributed by atoms with Gasteiger partial charge in [0.05, 0.1) is 18.4 Å². The summed E-state index contributed by atoms with van der Waals surface area (Å²) in [6.07, 6.45) is 0. The van der Waals surface area contributed by atoms with E-state index in [9.17, 15) is 4.79 Å². The molecule has 1 amide bonds. The number of fused-ring (bicyclic) bond motifs is 1. The maximum Gasteiger partial charge on any atom is 0.261 e. The first kappa shape index (κ1) is 27.5. The van der Waals surface area contributed by atoms with Crippen LogP contribution in [0, 0.1) is 20.8 Å². The number of nitrogens with zero attached hydrogens (tertiary/aromatic N) is 4. The Bertz CT molecular complexity index is 1530. The number of methoxy groups -OCH3 is 1. The van der Waals surface area contributed by atoms with E-state index in [0.717, 1.165) is 51.1 Å². The molecule has 4 rings (SSSR count). The number of carbonyl (C=O) groups excluding carboxylic acids is 1. The molecule has 0 aliphatic heterocycles. The molecule has 0 saturated heterocycles. The smallest absolute Gasteiger partial charge is 0.261 e. The van der Waals surface area contributed by atoms with Crippen molar-refractivity contribution in [3.63, 3.8) is 0 Å². The molecule has 2 N–H and O–H groups in total. The van der Waals surface area contributed by atoms with E-state index >= 15 is 0 Å². The van der Waals surface area contributed by atoms with Crippen LogP contribution in [0.15, 0.2) is 46.9 Å². The van der Waals surface area contributed by atoms with E-state index in [4.69, 9.17) is 27.2 Å². The molecule has 0 fully saturated rings. The average molecular weight is 596 g/mol. The highest BCUT2D eigenvalue weighted by molar-refractivity contribution is 9.10. The molecule has 10 heteroatoms. The molecule has 1 aromatic heterocycles. The summed E-state index contributed by atoms with van der Waals surface area (Å²) in [5.41, 5.74) is 7.56. The fourth-order valence-electron chi connectivity index (χ4n) is 4.45. The van der Waals surface area contributed by atoms with Gasteiger partial charge in [-0.3, -0.25) is 10.1 Å². The molecule has 0 aliphatic carbocycles. The SMILES string of the molecule is CCN(CC)c1ccc(-n2nc3cc(C)c(NC(=S)NC(=O)c4cc(Br)cc(C)c4OC)cc3n2)c(C)c1. The van der Waals surface area contributed by atoms with Gasteiger partial charge < -0.3 is 15.0 Å². The van der Waals surface area contributed by atoms with Crippen molar-refractivity contribution in [2.24, 2.45) is 0 Å². The topological polar surface area (TPSA) is 84.3 Å². The van der Waals surface area contributed by atoms with E-state index in [0.29, 0.717) is 16.8 Å². The van der Waals surface area contributed by atoms with Crippen LogP contribution >= 0.6 is 28.1 Å². The van der Waals surface area contributed by atoms with Crippen LogP contribution in [0.3, 0.4) is 0 Å². The minimum absolute atomic E-state index is 0.173. The van der Waals surface area contributed by atoms with Gasteiger partial charge in [0.2, 0.25) is 0 Å². The highest BCUT2D eigenvalue weighted by Crippen LogP contribution is 2.28. The first-order valence-corrected chi connectivity index (χ1v) is 13.5. The van der Waals surface area contributed by atoms with Crippen molar-refractivity contribution in [1.29, 1.82) is 0 Å². The van der Waals surface area contributed by atoms with Gasteiger partial charge in [-0.25, -0.2) is 0 Å². The minimum atomic E-state index is -0.364. The van der Waals surface area contributed by atoms with E-state index in [1.54, 1.807) is 10.9 Å². The first-order valence-electron chi connectivity index (χ1n) is 12.3. The molecule has 3 aromatic carbocycles. The highest BCUT2D eigenvalue weighted by Gasteiger charge is 2.18. The number of aromatic nitrogens is 3. The van der Waals surface area contributed by atoms with Crippen molar-refractivity contribution in [3.05, 3.63) is 69.2 Å². The maximum absolute atomic E-state index is 13.0. The normalized spacial score (nSPS) is 10.9. The molecule has 38 heavy (non-hydrogen) atoms. The van der Waals surface area contributed by atoms with E-state index in [2.05, 4.69) is 70.4 Å². The van der Waals surface area contributed by atoms with E-state index in [1.807, 2.05) is 32.0 Å². The number of halogens is 1. The Morgan fingerprint density at radius 3 is 2.32 bits per heavy atom. The number of anilines is 2. The Labute approximate surface area is 236 Å². The number of thiocarbonyl (C=S) groups is 1. The van der Waals surface area contributed by atoms with Crippen molar-refractivity contribution in [3.8, 4) is 11.4 Å². The monoisotopic (exact) mass is 594 g/mol. The molecule has 0 unspecified atom stereocenters. The van der Waals surface area contributed by atoms with Crippen LogP contribution in [0.1, 0.15) is 40.9 Å². The van der Waals surface area contributed by atoms with Crippen molar-refractivity contribution in [1.82, 2.24) is 20.3 Å². The fraction of sp³-hybridized carbons (Fsp3) is 0.286. The van der Waals surface area contributed by atoms with E-state index in [-0.39, 0.29) is 11.0 Å². The van der Waals surface area contributed by atoms with Crippen molar-refractivity contribution >= 4 is 61.6 Å². The summed E-state index contributed by atoms with van der Waals surface area (Å²) in [7, 11) is 1.54. The number of aryl methyl sites for hydroxylation is 3. The van der Waals surface area contributed by atoms with E-state index in [1.165, 1.54) is 12.8 Å². The molecule has 0 spiro atoms. The van der Waals surface area contributed by atoms with Gasteiger partial charge in [0.25, 0.3) is 5.91 Å². The number of ether oxygens (including phenoxy) is 1. The van der Waals surface area contributed by atoms with Gasteiger partial charge in [-0.2, -0.15) is 4.80 Å². The average Bonchev–Trinajstić information content (AvgIpc) is 3.26. The Morgan fingerprint density at radius 1 is 1.00 bits per heavy atom. The number of benzene rings is 3. The van der Waals surface area contributed by atoms with Gasteiger partial charge >= 0.3 is 0 Å². The predicted molar refractivity (Wildman–Crippen MR) is 161 cm³/mol. The van der Waals surface area contributed by atoms with Crippen molar-refractivity contribution in [2.45, 2.75) is 34.6 Å². The Kier molecular flexibility index (Phi) is 8.32. The summed E-state index contributed by atoms with van der Waals surface area (Å²) in [5, 5.41) is 15.5. The quantitative estimate of drug-likeness (QED) is 0.250. The molecule has 0 aliphatic rings. The van der Waals surface area contributed by atoms with Crippen LogP contribution in [0.25, 0.3) is 16.7 Å². The molecule has 0 bridgehead atoms. The van der Waals surface area contributed by atoms with Gasteiger partial charge in [0, 0.05) is 28.9 Å². The van der Waals surface area contributed by atoms with Crippen LogP contribution in [-0.4, -0.2) is 46.2 Å². The summed E-state index contributed by atoms with van der Waals surface area (Å²) in [6.45, 7) is 12.1.